The van der Waals surface area contributed by atoms with Gasteiger partial charge < -0.3 is 10.5 Å². The van der Waals surface area contributed by atoms with Crippen LogP contribution in [0.1, 0.15) is 78.1 Å². The molecule has 0 fully saturated rings. The van der Waals surface area contributed by atoms with Gasteiger partial charge in [0, 0.05) is 6.08 Å². The molecular formula is C17H31NO3. The van der Waals surface area contributed by atoms with Crippen molar-refractivity contribution in [1.29, 1.82) is 0 Å². The molecule has 2 N–H and O–H groups in total. The van der Waals surface area contributed by atoms with Crippen molar-refractivity contribution in [2.24, 2.45) is 5.73 Å². The van der Waals surface area contributed by atoms with Crippen LogP contribution in [-0.2, 0) is 14.3 Å². The zero-order chi connectivity index (χ0) is 16.1. The van der Waals surface area contributed by atoms with Crippen LogP contribution in [0.25, 0.3) is 0 Å². The maximum absolute atomic E-state index is 11.7. The molecule has 0 bridgehead atoms. The quantitative estimate of drug-likeness (QED) is 0.318. The predicted octanol–water partition coefficient (Wildman–Crippen LogP) is 3.88. The van der Waals surface area contributed by atoms with Crippen LogP contribution in [-0.4, -0.2) is 17.5 Å². The summed E-state index contributed by atoms with van der Waals surface area (Å²) in [5.41, 5.74) is 4.26. The maximum Gasteiger partial charge on any atom is 0.331 e. The predicted molar refractivity (Wildman–Crippen MR) is 85.7 cm³/mol. The maximum atomic E-state index is 11.7. The summed E-state index contributed by atoms with van der Waals surface area (Å²) in [5.74, 6) is -1.15. The Kier molecular flexibility index (Phi) is 10.6. The van der Waals surface area contributed by atoms with Gasteiger partial charge in [0.15, 0.2) is 5.60 Å². The molecule has 4 nitrogen and oxygen atoms in total. The third-order valence-electron chi connectivity index (χ3n) is 3.92. The Labute approximate surface area is 129 Å². The molecule has 0 aromatic heterocycles. The monoisotopic (exact) mass is 297 g/mol. The Morgan fingerprint density at radius 3 is 2.00 bits per heavy atom. The van der Waals surface area contributed by atoms with Gasteiger partial charge in [-0.1, -0.05) is 65.4 Å². The molecule has 1 amide bonds. The van der Waals surface area contributed by atoms with Crippen LogP contribution in [0.4, 0.5) is 0 Å². The first kappa shape index (κ1) is 19.7. The van der Waals surface area contributed by atoms with Gasteiger partial charge in [0.2, 0.25) is 0 Å². The molecule has 0 aliphatic rings. The first-order valence-electron chi connectivity index (χ1n) is 8.17. The Morgan fingerprint density at radius 2 is 1.57 bits per heavy atom. The van der Waals surface area contributed by atoms with Crippen LogP contribution >= 0.6 is 0 Å². The molecule has 0 aliphatic carbocycles. The smallest absolute Gasteiger partial charge is 0.331 e. The summed E-state index contributed by atoms with van der Waals surface area (Å²) in [7, 11) is 0. The van der Waals surface area contributed by atoms with E-state index in [-0.39, 0.29) is 0 Å². The van der Waals surface area contributed by atoms with Crippen LogP contribution in [0.2, 0.25) is 0 Å². The molecule has 1 unspecified atom stereocenters. The second-order valence-corrected chi connectivity index (χ2v) is 5.56. The highest BCUT2D eigenvalue weighted by Crippen LogP contribution is 2.24. The number of rotatable bonds is 13. The lowest BCUT2D eigenvalue weighted by molar-refractivity contribution is -0.164. The van der Waals surface area contributed by atoms with Crippen LogP contribution in [0.3, 0.4) is 0 Å². The number of nitrogens with two attached hydrogens (primary N) is 1. The van der Waals surface area contributed by atoms with Crippen LogP contribution < -0.4 is 5.73 Å². The molecular weight excluding hydrogens is 266 g/mol. The number of carbonyl (C=O) groups is 2. The molecule has 1 atom stereocenters. The van der Waals surface area contributed by atoms with Gasteiger partial charge in [0.1, 0.15) is 0 Å². The van der Waals surface area contributed by atoms with Gasteiger partial charge in [-0.2, -0.15) is 0 Å². The average molecular weight is 297 g/mol. The number of unbranched alkanes of at least 4 members (excludes halogenated alkanes) is 7. The van der Waals surface area contributed by atoms with E-state index in [2.05, 4.69) is 13.5 Å². The van der Waals surface area contributed by atoms with E-state index >= 15 is 0 Å². The first-order valence-corrected chi connectivity index (χ1v) is 8.17. The van der Waals surface area contributed by atoms with Crippen LogP contribution in [0.15, 0.2) is 12.7 Å². The van der Waals surface area contributed by atoms with Crippen molar-refractivity contribution in [3.05, 3.63) is 12.7 Å². The molecule has 122 valence electrons. The van der Waals surface area contributed by atoms with Crippen molar-refractivity contribution < 1.29 is 14.3 Å². The number of esters is 1. The second kappa shape index (κ2) is 11.4. The molecule has 0 heterocycles. The molecule has 21 heavy (non-hydrogen) atoms. The van der Waals surface area contributed by atoms with E-state index in [0.717, 1.165) is 25.3 Å². The van der Waals surface area contributed by atoms with Gasteiger partial charge in [-0.05, 0) is 19.3 Å². The lowest BCUT2D eigenvalue weighted by atomic mass is 9.91. The van der Waals surface area contributed by atoms with Gasteiger partial charge in [0.25, 0.3) is 5.91 Å². The summed E-state index contributed by atoms with van der Waals surface area (Å²) >= 11 is 0. The third kappa shape index (κ3) is 7.88. The molecule has 0 aliphatic heterocycles. The fourth-order valence-corrected chi connectivity index (χ4v) is 2.43. The standard InChI is InChI=1S/C17H31NO3/c1-4-7-8-9-10-11-12-13-14-17(6-3,16(18)20)21-15(19)5-2/h5H,2,4,6-14H2,1,3H3,(H2,18,20). The summed E-state index contributed by atoms with van der Waals surface area (Å²) in [6, 6.07) is 0. The number of amides is 1. The molecule has 0 spiro atoms. The van der Waals surface area contributed by atoms with Crippen molar-refractivity contribution >= 4 is 11.9 Å². The van der Waals surface area contributed by atoms with E-state index in [0.29, 0.717) is 12.8 Å². The van der Waals surface area contributed by atoms with E-state index in [4.69, 9.17) is 10.5 Å². The van der Waals surface area contributed by atoms with E-state index < -0.39 is 17.5 Å². The first-order chi connectivity index (χ1) is 10.0. The minimum atomic E-state index is -1.17. The van der Waals surface area contributed by atoms with Crippen molar-refractivity contribution in [1.82, 2.24) is 0 Å². The van der Waals surface area contributed by atoms with Crippen molar-refractivity contribution in [3.8, 4) is 0 Å². The number of ether oxygens (including phenoxy) is 1. The SMILES string of the molecule is C=CC(=O)OC(CC)(CCCCCCCCCC)C(N)=O. The van der Waals surface area contributed by atoms with E-state index in [1.807, 2.05) is 6.92 Å². The number of primary amides is 1. The number of hydrogen-bond acceptors (Lipinski definition) is 3. The second-order valence-electron chi connectivity index (χ2n) is 5.56. The molecule has 4 heteroatoms. The normalized spacial score (nSPS) is 13.4. The summed E-state index contributed by atoms with van der Waals surface area (Å²) in [4.78, 5) is 23.0. The molecule has 0 rings (SSSR count). The molecule has 0 aromatic carbocycles. The molecule has 0 saturated carbocycles. The van der Waals surface area contributed by atoms with E-state index in [1.54, 1.807) is 0 Å². The lowest BCUT2D eigenvalue weighted by Gasteiger charge is -2.28. The average Bonchev–Trinajstić information content (AvgIpc) is 2.48. The minimum absolute atomic E-state index is 0.401. The van der Waals surface area contributed by atoms with Crippen molar-refractivity contribution in [3.63, 3.8) is 0 Å². The Balaban J connectivity index is 4.10. The fourth-order valence-electron chi connectivity index (χ4n) is 2.43. The van der Waals surface area contributed by atoms with Gasteiger partial charge in [-0.25, -0.2) is 4.79 Å². The number of carbonyl (C=O) groups excluding carboxylic acids is 2. The Hall–Kier alpha value is -1.32. The topological polar surface area (TPSA) is 69.4 Å². The highest BCUT2D eigenvalue weighted by Gasteiger charge is 2.37. The zero-order valence-corrected chi connectivity index (χ0v) is 13.7. The summed E-state index contributed by atoms with van der Waals surface area (Å²) in [5, 5.41) is 0. The highest BCUT2D eigenvalue weighted by atomic mass is 16.6. The Morgan fingerprint density at radius 1 is 1.05 bits per heavy atom. The third-order valence-corrected chi connectivity index (χ3v) is 3.92. The van der Waals surface area contributed by atoms with Crippen LogP contribution in [0, 0.1) is 0 Å². The van der Waals surface area contributed by atoms with E-state index in [9.17, 15) is 9.59 Å². The molecule has 0 radical (unpaired) electrons. The fraction of sp³-hybridized carbons (Fsp3) is 0.765. The van der Waals surface area contributed by atoms with Crippen molar-refractivity contribution in [2.75, 3.05) is 0 Å². The summed E-state index contributed by atoms with van der Waals surface area (Å²) in [6.45, 7) is 7.38. The van der Waals surface area contributed by atoms with Gasteiger partial charge >= 0.3 is 5.97 Å². The summed E-state index contributed by atoms with van der Waals surface area (Å²) in [6.07, 6.45) is 11.3. The minimum Gasteiger partial charge on any atom is -0.446 e. The van der Waals surface area contributed by atoms with E-state index in [1.165, 1.54) is 32.1 Å². The van der Waals surface area contributed by atoms with Gasteiger partial charge in [0.05, 0.1) is 0 Å². The molecule has 0 saturated heterocycles. The number of hydrogen-bond donors (Lipinski definition) is 1. The zero-order valence-electron chi connectivity index (χ0n) is 13.7. The van der Waals surface area contributed by atoms with Gasteiger partial charge in [-0.3, -0.25) is 4.79 Å². The van der Waals surface area contributed by atoms with Crippen molar-refractivity contribution in [2.45, 2.75) is 83.7 Å². The lowest BCUT2D eigenvalue weighted by Crippen LogP contribution is -2.47. The van der Waals surface area contributed by atoms with Crippen LogP contribution in [0.5, 0.6) is 0 Å². The van der Waals surface area contributed by atoms with Gasteiger partial charge in [-0.15, -0.1) is 0 Å². The summed E-state index contributed by atoms with van der Waals surface area (Å²) < 4.78 is 5.23. The molecule has 0 aromatic rings. The Bertz CT molecular complexity index is 328. The highest BCUT2D eigenvalue weighted by molar-refractivity contribution is 5.89. The largest absolute Gasteiger partial charge is 0.446 e.